The topological polar surface area (TPSA) is 84.9 Å². The lowest BCUT2D eigenvalue weighted by atomic mass is 10.0. The summed E-state index contributed by atoms with van der Waals surface area (Å²) >= 11 is 0. The van der Waals surface area contributed by atoms with Crippen LogP contribution in [0.4, 0.5) is 0 Å². The second-order valence-corrected chi connectivity index (χ2v) is 8.84. The summed E-state index contributed by atoms with van der Waals surface area (Å²) in [4.78, 5) is 40.5. The Morgan fingerprint density at radius 2 is 1.63 bits per heavy atom. The fraction of sp³-hybridized carbons (Fsp3) is 0.464. The second-order valence-electron chi connectivity index (χ2n) is 8.84. The molecule has 0 radical (unpaired) electrons. The zero-order valence-electron chi connectivity index (χ0n) is 20.7. The zero-order chi connectivity index (χ0) is 25.0. The largest absolute Gasteiger partial charge is 0.465 e. The molecule has 0 saturated carbocycles. The maximum Gasteiger partial charge on any atom is 0.328 e. The number of carbonyl (C=O) groups is 3. The van der Waals surface area contributed by atoms with Crippen molar-refractivity contribution < 1.29 is 23.9 Å². The highest BCUT2D eigenvalue weighted by Gasteiger charge is 2.35. The van der Waals surface area contributed by atoms with E-state index in [0.717, 1.165) is 24.0 Å². The van der Waals surface area contributed by atoms with E-state index in [0.29, 0.717) is 25.8 Å². The predicted octanol–water partition coefficient (Wildman–Crippen LogP) is 3.65. The fourth-order valence-corrected chi connectivity index (χ4v) is 4.29. The summed E-state index contributed by atoms with van der Waals surface area (Å²) in [5.41, 5.74) is 2.01. The van der Waals surface area contributed by atoms with Crippen LogP contribution in [-0.4, -0.2) is 54.0 Å². The highest BCUT2D eigenvalue weighted by molar-refractivity contribution is 5.88. The smallest absolute Gasteiger partial charge is 0.328 e. The number of carbonyl (C=O) groups excluding carboxylic acids is 3. The number of ether oxygens (including phenoxy) is 2. The van der Waals surface area contributed by atoms with Gasteiger partial charge in [0.1, 0.15) is 18.7 Å². The SMILES string of the molecule is CCOC(=O)C(CCc1ccccc1)N[C@H]1CCCCN(C(C)C(=O)OCc2ccccc2)C1=O. The normalized spacial score (nSPS) is 17.8. The van der Waals surface area contributed by atoms with Gasteiger partial charge in [-0.1, -0.05) is 60.7 Å². The van der Waals surface area contributed by atoms with Crippen LogP contribution in [0.5, 0.6) is 0 Å². The Bertz CT molecular complexity index is 950. The molecule has 1 amide bonds. The molecule has 0 aromatic heterocycles. The molecule has 1 saturated heterocycles. The van der Waals surface area contributed by atoms with Crippen LogP contribution in [0.3, 0.4) is 0 Å². The monoisotopic (exact) mass is 480 g/mol. The molecular weight excluding hydrogens is 444 g/mol. The van der Waals surface area contributed by atoms with Crippen molar-refractivity contribution in [2.24, 2.45) is 0 Å². The maximum atomic E-state index is 13.5. The fourth-order valence-electron chi connectivity index (χ4n) is 4.29. The summed E-state index contributed by atoms with van der Waals surface area (Å²) < 4.78 is 10.8. The Hall–Kier alpha value is -3.19. The van der Waals surface area contributed by atoms with Crippen LogP contribution in [-0.2, 0) is 36.9 Å². The van der Waals surface area contributed by atoms with Crippen molar-refractivity contribution >= 4 is 17.8 Å². The number of benzene rings is 2. The van der Waals surface area contributed by atoms with Crippen molar-refractivity contribution in [3.05, 3.63) is 71.8 Å². The predicted molar refractivity (Wildman–Crippen MR) is 133 cm³/mol. The van der Waals surface area contributed by atoms with Gasteiger partial charge in [0.15, 0.2) is 0 Å². The molecule has 188 valence electrons. The van der Waals surface area contributed by atoms with E-state index < -0.39 is 24.1 Å². The molecule has 1 heterocycles. The molecule has 1 aliphatic rings. The highest BCUT2D eigenvalue weighted by atomic mass is 16.5. The number of amides is 1. The van der Waals surface area contributed by atoms with Gasteiger partial charge >= 0.3 is 11.9 Å². The molecule has 0 aliphatic carbocycles. The molecule has 1 N–H and O–H groups in total. The lowest BCUT2D eigenvalue weighted by Crippen LogP contribution is -2.54. The van der Waals surface area contributed by atoms with E-state index in [2.05, 4.69) is 5.32 Å². The van der Waals surface area contributed by atoms with Gasteiger partial charge in [0, 0.05) is 6.54 Å². The Labute approximate surface area is 207 Å². The Morgan fingerprint density at radius 3 is 2.29 bits per heavy atom. The van der Waals surface area contributed by atoms with Crippen LogP contribution in [0, 0.1) is 0 Å². The molecule has 2 aromatic rings. The van der Waals surface area contributed by atoms with Gasteiger partial charge in [-0.3, -0.25) is 14.9 Å². The Kier molecular flexibility index (Phi) is 10.3. The molecule has 2 unspecified atom stereocenters. The third-order valence-corrected chi connectivity index (χ3v) is 6.29. The number of nitrogens with zero attached hydrogens (tertiary/aromatic N) is 1. The summed E-state index contributed by atoms with van der Waals surface area (Å²) in [6.07, 6.45) is 3.40. The number of rotatable bonds is 11. The average Bonchev–Trinajstić information content (AvgIpc) is 3.07. The minimum absolute atomic E-state index is 0.165. The van der Waals surface area contributed by atoms with Crippen molar-refractivity contribution in [1.82, 2.24) is 10.2 Å². The van der Waals surface area contributed by atoms with Crippen molar-refractivity contribution in [2.75, 3.05) is 13.2 Å². The maximum absolute atomic E-state index is 13.5. The number of nitrogens with one attached hydrogen (secondary N) is 1. The van der Waals surface area contributed by atoms with Crippen molar-refractivity contribution in [1.29, 1.82) is 0 Å². The molecule has 2 aromatic carbocycles. The quantitative estimate of drug-likeness (QED) is 0.494. The van der Waals surface area contributed by atoms with Crippen LogP contribution >= 0.6 is 0 Å². The molecule has 3 atom stereocenters. The van der Waals surface area contributed by atoms with E-state index in [4.69, 9.17) is 9.47 Å². The van der Waals surface area contributed by atoms with Crippen LogP contribution in [0.15, 0.2) is 60.7 Å². The zero-order valence-corrected chi connectivity index (χ0v) is 20.7. The molecule has 1 fully saturated rings. The van der Waals surface area contributed by atoms with E-state index in [9.17, 15) is 14.4 Å². The first kappa shape index (κ1) is 26.4. The molecule has 1 aliphatic heterocycles. The highest BCUT2D eigenvalue weighted by Crippen LogP contribution is 2.18. The van der Waals surface area contributed by atoms with Gasteiger partial charge in [0.05, 0.1) is 12.6 Å². The first-order valence-electron chi connectivity index (χ1n) is 12.5. The number of likely N-dealkylation sites (tertiary alicyclic amines) is 1. The van der Waals surface area contributed by atoms with E-state index in [-0.39, 0.29) is 25.1 Å². The number of hydrogen-bond donors (Lipinski definition) is 1. The van der Waals surface area contributed by atoms with Crippen LogP contribution in [0.25, 0.3) is 0 Å². The number of aryl methyl sites for hydroxylation is 1. The Morgan fingerprint density at radius 1 is 0.971 bits per heavy atom. The summed E-state index contributed by atoms with van der Waals surface area (Å²) in [5.74, 6) is -0.975. The standard InChI is InChI=1S/C28H36N2O5/c1-3-34-28(33)25(18-17-22-12-6-4-7-13-22)29-24-16-10-11-19-30(26(24)31)21(2)27(32)35-20-23-14-8-5-9-15-23/h4-9,12-15,21,24-25,29H,3,10-11,16-20H2,1-2H3/t21?,24-,25?/m0/s1. The molecule has 35 heavy (non-hydrogen) atoms. The summed E-state index contributed by atoms with van der Waals surface area (Å²) in [5, 5.41) is 3.26. The average molecular weight is 481 g/mol. The molecular formula is C28H36N2O5. The molecule has 3 rings (SSSR count). The number of esters is 2. The van der Waals surface area contributed by atoms with Gasteiger partial charge in [-0.25, -0.2) is 4.79 Å². The number of hydrogen-bond acceptors (Lipinski definition) is 6. The minimum Gasteiger partial charge on any atom is -0.465 e. The lowest BCUT2D eigenvalue weighted by Gasteiger charge is -2.30. The van der Waals surface area contributed by atoms with E-state index in [1.165, 1.54) is 0 Å². The molecule has 7 nitrogen and oxygen atoms in total. The first-order valence-corrected chi connectivity index (χ1v) is 12.5. The second kappa shape index (κ2) is 13.6. The van der Waals surface area contributed by atoms with Gasteiger partial charge in [0.25, 0.3) is 0 Å². The van der Waals surface area contributed by atoms with Gasteiger partial charge in [-0.2, -0.15) is 0 Å². The first-order chi connectivity index (χ1) is 17.0. The van der Waals surface area contributed by atoms with E-state index in [1.54, 1.807) is 18.7 Å². The molecule has 0 bridgehead atoms. The van der Waals surface area contributed by atoms with Gasteiger partial charge in [-0.15, -0.1) is 0 Å². The van der Waals surface area contributed by atoms with E-state index in [1.807, 2.05) is 60.7 Å². The third-order valence-electron chi connectivity index (χ3n) is 6.29. The summed E-state index contributed by atoms with van der Waals surface area (Å²) in [6.45, 7) is 4.39. The molecule has 0 spiro atoms. The lowest BCUT2D eigenvalue weighted by molar-refractivity contribution is -0.156. The van der Waals surface area contributed by atoms with Crippen molar-refractivity contribution in [3.63, 3.8) is 0 Å². The van der Waals surface area contributed by atoms with Gasteiger partial charge in [0.2, 0.25) is 5.91 Å². The third kappa shape index (κ3) is 7.92. The van der Waals surface area contributed by atoms with E-state index >= 15 is 0 Å². The minimum atomic E-state index is -0.709. The summed E-state index contributed by atoms with van der Waals surface area (Å²) in [7, 11) is 0. The van der Waals surface area contributed by atoms with Crippen LogP contribution < -0.4 is 5.32 Å². The van der Waals surface area contributed by atoms with Crippen LogP contribution in [0.1, 0.15) is 50.7 Å². The van der Waals surface area contributed by atoms with Crippen molar-refractivity contribution in [3.8, 4) is 0 Å². The van der Waals surface area contributed by atoms with Gasteiger partial charge < -0.3 is 14.4 Å². The molecule has 7 heteroatoms. The summed E-state index contributed by atoms with van der Waals surface area (Å²) in [6, 6.07) is 17.5. The van der Waals surface area contributed by atoms with Crippen LogP contribution in [0.2, 0.25) is 0 Å². The van der Waals surface area contributed by atoms with Crippen molar-refractivity contribution in [2.45, 2.75) is 70.7 Å². The Balaban J connectivity index is 1.64. The van der Waals surface area contributed by atoms with Gasteiger partial charge in [-0.05, 0) is 57.1 Å².